The second-order valence-electron chi connectivity index (χ2n) is 5.01. The summed E-state index contributed by atoms with van der Waals surface area (Å²) >= 11 is 3.44. The summed E-state index contributed by atoms with van der Waals surface area (Å²) in [5.74, 6) is 0.346. The lowest BCUT2D eigenvalue weighted by atomic mass is 9.98. The first kappa shape index (κ1) is 14.3. The van der Waals surface area contributed by atoms with Crippen molar-refractivity contribution in [1.29, 1.82) is 0 Å². The zero-order valence-electron chi connectivity index (χ0n) is 11.0. The maximum atomic E-state index is 12.1. The van der Waals surface area contributed by atoms with Gasteiger partial charge in [-0.1, -0.05) is 15.9 Å². The van der Waals surface area contributed by atoms with Gasteiger partial charge in [-0.05, 0) is 49.4 Å². The molecule has 0 aliphatic carbocycles. The Kier molecular flexibility index (Phi) is 4.82. The van der Waals surface area contributed by atoms with Crippen LogP contribution in [0.15, 0.2) is 22.7 Å². The number of carbonyl (C=O) groups is 1. The fourth-order valence-electron chi connectivity index (χ4n) is 2.24. The lowest BCUT2D eigenvalue weighted by Gasteiger charge is -2.31. The van der Waals surface area contributed by atoms with E-state index < -0.39 is 0 Å². The van der Waals surface area contributed by atoms with Crippen molar-refractivity contribution in [3.8, 4) is 0 Å². The molecule has 2 N–H and O–H groups in total. The Balaban J connectivity index is 1.92. The van der Waals surface area contributed by atoms with Crippen LogP contribution in [0, 0.1) is 12.8 Å². The molecule has 0 atom stereocenters. The molecule has 0 unspecified atom stereocenters. The Bertz CT molecular complexity index is 457. The van der Waals surface area contributed by atoms with Crippen LogP contribution in [0.4, 0.5) is 10.5 Å². The number of aliphatic hydroxyl groups is 1. The fourth-order valence-corrected chi connectivity index (χ4v) is 2.49. The molecule has 2 amide bonds. The number of carbonyl (C=O) groups excluding carboxylic acids is 1. The first-order valence-electron chi connectivity index (χ1n) is 6.53. The normalized spacial score (nSPS) is 16.5. The molecule has 104 valence electrons. The number of piperidine rings is 1. The SMILES string of the molecule is Cc1cc(NC(=O)N2CCC(CO)CC2)ccc1Br. The zero-order chi connectivity index (χ0) is 13.8. The molecule has 1 fully saturated rings. The number of likely N-dealkylation sites (tertiary alicyclic amines) is 1. The molecular formula is C14H19BrN2O2. The van der Waals surface area contributed by atoms with Gasteiger partial charge in [-0.3, -0.25) is 0 Å². The lowest BCUT2D eigenvalue weighted by molar-refractivity contribution is 0.143. The van der Waals surface area contributed by atoms with E-state index in [0.717, 1.165) is 28.6 Å². The van der Waals surface area contributed by atoms with Gasteiger partial charge in [0.2, 0.25) is 0 Å². The summed E-state index contributed by atoms with van der Waals surface area (Å²) in [5.41, 5.74) is 1.91. The van der Waals surface area contributed by atoms with Crippen molar-refractivity contribution in [2.45, 2.75) is 19.8 Å². The average Bonchev–Trinajstić information content (AvgIpc) is 2.43. The highest BCUT2D eigenvalue weighted by atomic mass is 79.9. The van der Waals surface area contributed by atoms with E-state index >= 15 is 0 Å². The first-order valence-corrected chi connectivity index (χ1v) is 7.32. The molecule has 1 heterocycles. The number of benzene rings is 1. The topological polar surface area (TPSA) is 52.6 Å². The predicted octanol–water partition coefficient (Wildman–Crippen LogP) is 2.99. The highest BCUT2D eigenvalue weighted by molar-refractivity contribution is 9.10. The highest BCUT2D eigenvalue weighted by Crippen LogP contribution is 2.21. The van der Waals surface area contributed by atoms with E-state index in [2.05, 4.69) is 21.2 Å². The van der Waals surface area contributed by atoms with E-state index in [4.69, 9.17) is 5.11 Å². The van der Waals surface area contributed by atoms with Crippen molar-refractivity contribution < 1.29 is 9.90 Å². The minimum absolute atomic E-state index is 0.0573. The Morgan fingerprint density at radius 2 is 2.16 bits per heavy atom. The van der Waals surface area contributed by atoms with Gasteiger partial charge in [-0.25, -0.2) is 4.79 Å². The maximum Gasteiger partial charge on any atom is 0.321 e. The molecule has 0 aromatic heterocycles. The van der Waals surface area contributed by atoms with Crippen LogP contribution in [-0.2, 0) is 0 Å². The number of nitrogens with zero attached hydrogens (tertiary/aromatic N) is 1. The molecule has 0 radical (unpaired) electrons. The van der Waals surface area contributed by atoms with E-state index in [9.17, 15) is 4.79 Å². The molecule has 1 aliphatic heterocycles. The van der Waals surface area contributed by atoms with Gasteiger partial charge >= 0.3 is 6.03 Å². The number of hydrogen-bond donors (Lipinski definition) is 2. The number of halogens is 1. The minimum atomic E-state index is -0.0573. The van der Waals surface area contributed by atoms with Gasteiger partial charge in [0.05, 0.1) is 0 Å². The number of anilines is 1. The van der Waals surface area contributed by atoms with Gasteiger partial charge in [0.25, 0.3) is 0 Å². The third-order valence-electron chi connectivity index (χ3n) is 3.57. The molecule has 4 nitrogen and oxygen atoms in total. The largest absolute Gasteiger partial charge is 0.396 e. The third-order valence-corrected chi connectivity index (χ3v) is 4.46. The van der Waals surface area contributed by atoms with Gasteiger partial charge in [0, 0.05) is 29.9 Å². The smallest absolute Gasteiger partial charge is 0.321 e. The molecule has 0 saturated carbocycles. The third kappa shape index (κ3) is 3.70. The van der Waals surface area contributed by atoms with Crippen molar-refractivity contribution in [2.75, 3.05) is 25.0 Å². The predicted molar refractivity (Wildman–Crippen MR) is 79.3 cm³/mol. The van der Waals surface area contributed by atoms with Crippen molar-refractivity contribution in [2.24, 2.45) is 5.92 Å². The van der Waals surface area contributed by atoms with E-state index in [1.54, 1.807) is 0 Å². The summed E-state index contributed by atoms with van der Waals surface area (Å²) in [7, 11) is 0. The van der Waals surface area contributed by atoms with E-state index in [1.807, 2.05) is 30.0 Å². The van der Waals surface area contributed by atoms with Gasteiger partial charge in [0.15, 0.2) is 0 Å². The van der Waals surface area contributed by atoms with E-state index in [-0.39, 0.29) is 12.6 Å². The fraction of sp³-hybridized carbons (Fsp3) is 0.500. The molecule has 1 aromatic rings. The molecule has 0 spiro atoms. The number of hydrogen-bond acceptors (Lipinski definition) is 2. The van der Waals surface area contributed by atoms with Crippen LogP contribution in [0.5, 0.6) is 0 Å². The summed E-state index contributed by atoms with van der Waals surface area (Å²) in [6.45, 7) is 3.65. The zero-order valence-corrected chi connectivity index (χ0v) is 12.6. The summed E-state index contributed by atoms with van der Waals surface area (Å²) < 4.78 is 1.04. The summed E-state index contributed by atoms with van der Waals surface area (Å²) in [6.07, 6.45) is 1.76. The van der Waals surface area contributed by atoms with Crippen molar-refractivity contribution >= 4 is 27.6 Å². The van der Waals surface area contributed by atoms with Crippen LogP contribution < -0.4 is 5.32 Å². The summed E-state index contributed by atoms with van der Waals surface area (Å²) in [6, 6.07) is 5.71. The Hall–Kier alpha value is -1.07. The van der Waals surface area contributed by atoms with Gasteiger partial charge in [-0.2, -0.15) is 0 Å². The lowest BCUT2D eigenvalue weighted by Crippen LogP contribution is -2.41. The Labute approximate surface area is 121 Å². The molecule has 19 heavy (non-hydrogen) atoms. The molecule has 1 saturated heterocycles. The number of aliphatic hydroxyl groups excluding tert-OH is 1. The van der Waals surface area contributed by atoms with Crippen LogP contribution in [0.2, 0.25) is 0 Å². The minimum Gasteiger partial charge on any atom is -0.396 e. The standard InChI is InChI=1S/C14H19BrN2O2/c1-10-8-12(2-3-13(10)15)16-14(19)17-6-4-11(9-18)5-7-17/h2-3,8,11,18H,4-7,9H2,1H3,(H,16,19). The number of urea groups is 1. The second-order valence-corrected chi connectivity index (χ2v) is 5.86. The number of nitrogens with one attached hydrogen (secondary N) is 1. The quantitative estimate of drug-likeness (QED) is 0.877. The Morgan fingerprint density at radius 3 is 2.74 bits per heavy atom. The van der Waals surface area contributed by atoms with E-state index in [0.29, 0.717) is 19.0 Å². The van der Waals surface area contributed by atoms with Crippen molar-refractivity contribution in [1.82, 2.24) is 4.90 Å². The molecule has 5 heteroatoms. The molecule has 0 bridgehead atoms. The molecule has 1 aromatic carbocycles. The van der Waals surface area contributed by atoms with Crippen molar-refractivity contribution in [3.63, 3.8) is 0 Å². The highest BCUT2D eigenvalue weighted by Gasteiger charge is 2.22. The monoisotopic (exact) mass is 326 g/mol. The van der Waals surface area contributed by atoms with Crippen LogP contribution in [0.3, 0.4) is 0 Å². The molecule has 2 rings (SSSR count). The number of amides is 2. The number of rotatable bonds is 2. The van der Waals surface area contributed by atoms with Gasteiger partial charge in [0.1, 0.15) is 0 Å². The van der Waals surface area contributed by atoms with Gasteiger partial charge in [-0.15, -0.1) is 0 Å². The maximum absolute atomic E-state index is 12.1. The van der Waals surface area contributed by atoms with Crippen LogP contribution in [0.25, 0.3) is 0 Å². The Morgan fingerprint density at radius 1 is 1.47 bits per heavy atom. The van der Waals surface area contributed by atoms with Crippen LogP contribution in [0.1, 0.15) is 18.4 Å². The first-order chi connectivity index (χ1) is 9.10. The summed E-state index contributed by atoms with van der Waals surface area (Å²) in [4.78, 5) is 13.9. The van der Waals surface area contributed by atoms with Crippen LogP contribution >= 0.6 is 15.9 Å². The number of aryl methyl sites for hydroxylation is 1. The van der Waals surface area contributed by atoms with Crippen molar-refractivity contribution in [3.05, 3.63) is 28.2 Å². The second kappa shape index (κ2) is 6.39. The van der Waals surface area contributed by atoms with Gasteiger partial charge < -0.3 is 15.3 Å². The average molecular weight is 327 g/mol. The molecule has 1 aliphatic rings. The van der Waals surface area contributed by atoms with Crippen LogP contribution in [-0.4, -0.2) is 35.7 Å². The summed E-state index contributed by atoms with van der Waals surface area (Å²) in [5, 5.41) is 12.0. The van der Waals surface area contributed by atoms with E-state index in [1.165, 1.54) is 0 Å². The molecular weight excluding hydrogens is 308 g/mol.